The molecule has 1 aromatic rings. The van der Waals surface area contributed by atoms with Crippen molar-refractivity contribution in [2.75, 3.05) is 11.9 Å². The van der Waals surface area contributed by atoms with Crippen molar-refractivity contribution in [2.24, 2.45) is 5.92 Å². The largest absolute Gasteiger partial charge is 0.396 e. The third-order valence-corrected chi connectivity index (χ3v) is 4.00. The van der Waals surface area contributed by atoms with Crippen LogP contribution in [0.2, 0.25) is 0 Å². The van der Waals surface area contributed by atoms with Crippen LogP contribution in [-0.2, 0) is 9.59 Å². The summed E-state index contributed by atoms with van der Waals surface area (Å²) >= 11 is 0. The minimum absolute atomic E-state index is 0.00351. The first kappa shape index (κ1) is 16.4. The number of halogens is 1. The number of hydrogen-bond donors (Lipinski definition) is 3. The van der Waals surface area contributed by atoms with Gasteiger partial charge in [-0.3, -0.25) is 9.59 Å². The molecule has 2 amide bonds. The highest BCUT2D eigenvalue weighted by molar-refractivity contribution is 6.39. The average molecular weight is 308 g/mol. The van der Waals surface area contributed by atoms with E-state index in [1.54, 1.807) is 0 Å². The van der Waals surface area contributed by atoms with Gasteiger partial charge in [0.1, 0.15) is 5.82 Å². The third-order valence-electron chi connectivity index (χ3n) is 4.00. The third kappa shape index (κ3) is 4.53. The van der Waals surface area contributed by atoms with Crippen LogP contribution in [0.4, 0.5) is 10.1 Å². The molecular weight excluding hydrogens is 287 g/mol. The Bertz CT molecular complexity index is 536. The van der Waals surface area contributed by atoms with Gasteiger partial charge in [-0.15, -0.1) is 0 Å². The second-order valence-electron chi connectivity index (χ2n) is 5.63. The molecule has 1 aromatic carbocycles. The number of aliphatic hydroxyl groups excluding tert-OH is 1. The Kier molecular flexibility index (Phi) is 5.89. The number of aliphatic hydroxyl groups is 1. The van der Waals surface area contributed by atoms with Crippen LogP contribution in [0.3, 0.4) is 0 Å². The summed E-state index contributed by atoms with van der Waals surface area (Å²) in [5.74, 6) is -2.09. The van der Waals surface area contributed by atoms with E-state index in [1.165, 1.54) is 18.2 Å². The first-order valence-corrected chi connectivity index (χ1v) is 7.58. The second-order valence-corrected chi connectivity index (χ2v) is 5.63. The van der Waals surface area contributed by atoms with Crippen molar-refractivity contribution in [1.29, 1.82) is 0 Å². The number of amides is 2. The van der Waals surface area contributed by atoms with Crippen LogP contribution in [0.25, 0.3) is 0 Å². The van der Waals surface area contributed by atoms with Crippen molar-refractivity contribution in [2.45, 2.75) is 38.1 Å². The summed E-state index contributed by atoms with van der Waals surface area (Å²) in [6.07, 6.45) is 4.65. The summed E-state index contributed by atoms with van der Waals surface area (Å²) in [6, 6.07) is 5.17. The maximum absolute atomic E-state index is 13.1. The number of nitrogens with one attached hydrogen (secondary N) is 2. The molecule has 0 heterocycles. The molecule has 0 aliphatic heterocycles. The number of carbonyl (C=O) groups is 2. The van der Waals surface area contributed by atoms with E-state index in [9.17, 15) is 19.1 Å². The quantitative estimate of drug-likeness (QED) is 0.589. The molecule has 0 bridgehead atoms. The van der Waals surface area contributed by atoms with Gasteiger partial charge in [-0.05, 0) is 31.0 Å². The fourth-order valence-corrected chi connectivity index (χ4v) is 2.78. The summed E-state index contributed by atoms with van der Waals surface area (Å²) in [6.45, 7) is -0.00351. The molecule has 0 spiro atoms. The zero-order chi connectivity index (χ0) is 15.9. The fraction of sp³-hybridized carbons (Fsp3) is 0.500. The average Bonchev–Trinajstić information content (AvgIpc) is 2.72. The zero-order valence-corrected chi connectivity index (χ0v) is 12.3. The predicted octanol–water partition coefficient (Wildman–Crippen LogP) is 1.82. The van der Waals surface area contributed by atoms with Gasteiger partial charge in [0.25, 0.3) is 0 Å². The molecule has 0 aromatic heterocycles. The maximum atomic E-state index is 13.1. The van der Waals surface area contributed by atoms with E-state index in [0.29, 0.717) is 0 Å². The molecule has 0 saturated heterocycles. The van der Waals surface area contributed by atoms with Crippen molar-refractivity contribution in [3.8, 4) is 0 Å². The van der Waals surface area contributed by atoms with Crippen LogP contribution < -0.4 is 10.6 Å². The van der Waals surface area contributed by atoms with Crippen LogP contribution in [0.1, 0.15) is 32.1 Å². The highest BCUT2D eigenvalue weighted by Crippen LogP contribution is 2.23. The molecular formula is C16H21FN2O3. The smallest absolute Gasteiger partial charge is 0.313 e. The zero-order valence-electron chi connectivity index (χ0n) is 12.3. The van der Waals surface area contributed by atoms with E-state index in [-0.39, 0.29) is 24.3 Å². The first-order valence-electron chi connectivity index (χ1n) is 7.58. The van der Waals surface area contributed by atoms with Crippen LogP contribution in [0, 0.1) is 11.7 Å². The first-order chi connectivity index (χ1) is 10.6. The lowest BCUT2D eigenvalue weighted by molar-refractivity contribution is -0.137. The van der Waals surface area contributed by atoms with Crippen LogP contribution >= 0.6 is 0 Å². The predicted molar refractivity (Wildman–Crippen MR) is 80.6 cm³/mol. The molecule has 1 fully saturated rings. The minimum atomic E-state index is -0.827. The standard InChI is InChI=1S/C16H21FN2O3/c17-12-6-4-7-13(9-12)18-15(21)16(22)19-14-8-3-1-2-5-11(14)10-20/h4,6-7,9,11,14,20H,1-3,5,8,10H2,(H,18,21)(H,19,22). The van der Waals surface area contributed by atoms with Crippen LogP contribution in [0.15, 0.2) is 24.3 Å². The molecule has 2 unspecified atom stereocenters. The SMILES string of the molecule is O=C(Nc1cccc(F)c1)C(=O)NC1CCCCCC1CO. The van der Waals surface area contributed by atoms with Gasteiger partial charge >= 0.3 is 11.8 Å². The lowest BCUT2D eigenvalue weighted by Crippen LogP contribution is -2.45. The Morgan fingerprint density at radius 1 is 1.18 bits per heavy atom. The molecule has 3 N–H and O–H groups in total. The van der Waals surface area contributed by atoms with Crippen molar-refractivity contribution in [3.63, 3.8) is 0 Å². The van der Waals surface area contributed by atoms with Gasteiger partial charge in [0.2, 0.25) is 0 Å². The summed E-state index contributed by atoms with van der Waals surface area (Å²) in [5.41, 5.74) is 0.236. The molecule has 2 rings (SSSR count). The molecule has 2 atom stereocenters. The Balaban J connectivity index is 1.93. The number of carbonyl (C=O) groups excluding carboxylic acids is 2. The minimum Gasteiger partial charge on any atom is -0.396 e. The van der Waals surface area contributed by atoms with Gasteiger partial charge < -0.3 is 15.7 Å². The van der Waals surface area contributed by atoms with Crippen LogP contribution in [-0.4, -0.2) is 29.6 Å². The maximum Gasteiger partial charge on any atom is 0.313 e. The summed E-state index contributed by atoms with van der Waals surface area (Å²) < 4.78 is 13.1. The van der Waals surface area contributed by atoms with E-state index in [2.05, 4.69) is 10.6 Å². The van der Waals surface area contributed by atoms with Gasteiger partial charge in [0, 0.05) is 24.3 Å². The van der Waals surface area contributed by atoms with E-state index < -0.39 is 17.6 Å². The molecule has 22 heavy (non-hydrogen) atoms. The van der Waals surface area contributed by atoms with E-state index in [0.717, 1.165) is 38.2 Å². The lowest BCUT2D eigenvalue weighted by Gasteiger charge is -2.24. The van der Waals surface area contributed by atoms with Gasteiger partial charge in [-0.1, -0.05) is 25.3 Å². The number of anilines is 1. The molecule has 1 aliphatic rings. The van der Waals surface area contributed by atoms with Crippen molar-refractivity contribution in [1.82, 2.24) is 5.32 Å². The number of hydrogen-bond acceptors (Lipinski definition) is 3. The van der Waals surface area contributed by atoms with Gasteiger partial charge in [-0.2, -0.15) is 0 Å². The molecule has 1 saturated carbocycles. The monoisotopic (exact) mass is 308 g/mol. The van der Waals surface area contributed by atoms with Gasteiger partial charge in [0.05, 0.1) is 0 Å². The van der Waals surface area contributed by atoms with E-state index >= 15 is 0 Å². The van der Waals surface area contributed by atoms with Crippen molar-refractivity contribution < 1.29 is 19.1 Å². The van der Waals surface area contributed by atoms with Crippen molar-refractivity contribution >= 4 is 17.5 Å². The number of benzene rings is 1. The fourth-order valence-electron chi connectivity index (χ4n) is 2.78. The van der Waals surface area contributed by atoms with Gasteiger partial charge in [0.15, 0.2) is 0 Å². The molecule has 120 valence electrons. The van der Waals surface area contributed by atoms with E-state index in [4.69, 9.17) is 0 Å². The molecule has 6 heteroatoms. The summed E-state index contributed by atoms with van der Waals surface area (Å²) in [4.78, 5) is 23.8. The molecule has 0 radical (unpaired) electrons. The lowest BCUT2D eigenvalue weighted by atomic mass is 9.95. The summed E-state index contributed by atoms with van der Waals surface area (Å²) in [7, 11) is 0. The topological polar surface area (TPSA) is 78.4 Å². The highest BCUT2D eigenvalue weighted by Gasteiger charge is 2.26. The van der Waals surface area contributed by atoms with Crippen LogP contribution in [0.5, 0.6) is 0 Å². The normalized spacial score (nSPS) is 21.7. The van der Waals surface area contributed by atoms with Crippen molar-refractivity contribution in [3.05, 3.63) is 30.1 Å². The summed E-state index contributed by atoms with van der Waals surface area (Å²) in [5, 5.41) is 14.5. The number of rotatable bonds is 3. The molecule has 5 nitrogen and oxygen atoms in total. The Hall–Kier alpha value is -1.95. The Morgan fingerprint density at radius 2 is 1.95 bits per heavy atom. The Morgan fingerprint density at radius 3 is 2.68 bits per heavy atom. The Labute approximate surface area is 128 Å². The van der Waals surface area contributed by atoms with E-state index in [1.807, 2.05) is 0 Å². The second kappa shape index (κ2) is 7.89. The highest BCUT2D eigenvalue weighted by atomic mass is 19.1. The van der Waals surface area contributed by atoms with Gasteiger partial charge in [-0.25, -0.2) is 4.39 Å². The molecule has 1 aliphatic carbocycles.